The Balaban J connectivity index is 1.74. The van der Waals surface area contributed by atoms with Crippen molar-refractivity contribution < 1.29 is 23.5 Å². The van der Waals surface area contributed by atoms with E-state index in [1.807, 2.05) is 0 Å². The van der Waals surface area contributed by atoms with Crippen LogP contribution in [0.25, 0.3) is 11.0 Å². The van der Waals surface area contributed by atoms with Gasteiger partial charge in [0, 0.05) is 15.7 Å². The van der Waals surface area contributed by atoms with Gasteiger partial charge in [0.2, 0.25) is 5.76 Å². The van der Waals surface area contributed by atoms with Crippen LogP contribution in [0.5, 0.6) is 11.5 Å². The minimum absolute atomic E-state index is 0.0218. The molecule has 186 valence electrons. The number of ether oxygens (including phenoxy) is 2. The first-order chi connectivity index (χ1) is 17.8. The molecule has 5 rings (SSSR count). The minimum Gasteiger partial charge on any atom is -0.493 e. The van der Waals surface area contributed by atoms with Crippen LogP contribution < -0.4 is 19.8 Å². The summed E-state index contributed by atoms with van der Waals surface area (Å²) in [7, 11) is 1.52. The lowest BCUT2D eigenvalue weighted by atomic mass is 9.97. The van der Waals surface area contributed by atoms with E-state index in [9.17, 15) is 14.4 Å². The smallest absolute Gasteiger partial charge is 0.295 e. The van der Waals surface area contributed by atoms with Gasteiger partial charge in [0.15, 0.2) is 22.7 Å². The van der Waals surface area contributed by atoms with Crippen LogP contribution in [-0.4, -0.2) is 25.4 Å². The lowest BCUT2D eigenvalue weighted by molar-refractivity contribution is 0.0970. The van der Waals surface area contributed by atoms with Gasteiger partial charge in [0.05, 0.1) is 24.1 Å². The Hall–Kier alpha value is -4.17. The molecule has 0 spiro atoms. The van der Waals surface area contributed by atoms with Crippen molar-refractivity contribution in [3.8, 4) is 11.5 Å². The molecule has 4 aromatic rings. The molecular formula is C29H22BrNO6. The maximum atomic E-state index is 13.8. The molecule has 0 saturated carbocycles. The first kappa shape index (κ1) is 24.5. The zero-order chi connectivity index (χ0) is 26.3. The Morgan fingerprint density at radius 3 is 2.51 bits per heavy atom. The molecule has 0 saturated heterocycles. The zero-order valence-corrected chi connectivity index (χ0v) is 21.7. The summed E-state index contributed by atoms with van der Waals surface area (Å²) in [6, 6.07) is 16.2. The van der Waals surface area contributed by atoms with E-state index in [4.69, 9.17) is 13.9 Å². The molecule has 1 aromatic heterocycles. The third-order valence-electron chi connectivity index (χ3n) is 6.24. The van der Waals surface area contributed by atoms with Crippen LogP contribution in [0.4, 0.5) is 5.69 Å². The third-order valence-corrected chi connectivity index (χ3v) is 6.74. The lowest BCUT2D eigenvalue weighted by Crippen LogP contribution is -2.29. The fraction of sp³-hybridized carbons (Fsp3) is 0.138. The van der Waals surface area contributed by atoms with Gasteiger partial charge in [-0.2, -0.15) is 0 Å². The van der Waals surface area contributed by atoms with Gasteiger partial charge in [-0.3, -0.25) is 19.3 Å². The van der Waals surface area contributed by atoms with Crippen LogP contribution in [0, 0.1) is 0 Å². The fourth-order valence-electron chi connectivity index (χ4n) is 4.51. The molecule has 1 atom stereocenters. The van der Waals surface area contributed by atoms with Crippen LogP contribution in [0.1, 0.15) is 45.0 Å². The number of anilines is 1. The highest BCUT2D eigenvalue weighted by Gasteiger charge is 2.44. The maximum Gasteiger partial charge on any atom is 0.295 e. The Morgan fingerprint density at radius 2 is 1.84 bits per heavy atom. The van der Waals surface area contributed by atoms with Crippen LogP contribution >= 0.6 is 15.9 Å². The van der Waals surface area contributed by atoms with Crippen molar-refractivity contribution in [1.29, 1.82) is 0 Å². The summed E-state index contributed by atoms with van der Waals surface area (Å²) in [5.41, 5.74) is 1.91. The molecule has 0 fully saturated rings. The van der Waals surface area contributed by atoms with Crippen LogP contribution in [0.3, 0.4) is 0 Å². The standard InChI is InChI=1S/C29H22BrNO6/c1-4-13-36-23-11-7-18(14-24(23)35-3)26-25-27(33)21-15-19(30)8-12-22(21)37-28(25)29(34)31(26)20-9-5-17(6-10-20)16(2)32/h4-12,14-15,26H,1,13H2,2-3H3. The van der Waals surface area contributed by atoms with Crippen molar-refractivity contribution in [3.63, 3.8) is 0 Å². The van der Waals surface area contributed by atoms with E-state index in [1.54, 1.807) is 66.7 Å². The summed E-state index contributed by atoms with van der Waals surface area (Å²) in [4.78, 5) is 40.9. The van der Waals surface area contributed by atoms with E-state index in [0.717, 1.165) is 4.47 Å². The zero-order valence-electron chi connectivity index (χ0n) is 20.1. The molecule has 8 heteroatoms. The van der Waals surface area contributed by atoms with Gasteiger partial charge >= 0.3 is 0 Å². The molecular weight excluding hydrogens is 538 g/mol. The van der Waals surface area contributed by atoms with Crippen molar-refractivity contribution in [2.45, 2.75) is 13.0 Å². The van der Waals surface area contributed by atoms with Crippen molar-refractivity contribution >= 4 is 44.3 Å². The second-order valence-corrected chi connectivity index (χ2v) is 9.42. The van der Waals surface area contributed by atoms with E-state index in [0.29, 0.717) is 45.9 Å². The molecule has 0 radical (unpaired) electrons. The van der Waals surface area contributed by atoms with Crippen LogP contribution in [0.2, 0.25) is 0 Å². The summed E-state index contributed by atoms with van der Waals surface area (Å²) >= 11 is 3.41. The maximum absolute atomic E-state index is 13.8. The van der Waals surface area contributed by atoms with Crippen molar-refractivity contribution in [2.24, 2.45) is 0 Å². The molecule has 1 amide bonds. The number of nitrogens with zero attached hydrogens (tertiary/aromatic N) is 1. The number of hydrogen-bond donors (Lipinski definition) is 0. The predicted molar refractivity (Wildman–Crippen MR) is 144 cm³/mol. The molecule has 37 heavy (non-hydrogen) atoms. The number of amides is 1. The highest BCUT2D eigenvalue weighted by atomic mass is 79.9. The van der Waals surface area contributed by atoms with Gasteiger partial charge in [0.1, 0.15) is 12.2 Å². The quantitative estimate of drug-likeness (QED) is 0.201. The Kier molecular flexibility index (Phi) is 6.43. The SMILES string of the molecule is C=CCOc1ccc(C2c3c(oc4ccc(Br)cc4c3=O)C(=O)N2c2ccc(C(C)=O)cc2)cc1OC. The number of benzene rings is 3. The number of fused-ring (bicyclic) bond motifs is 2. The normalized spacial score (nSPS) is 14.5. The summed E-state index contributed by atoms with van der Waals surface area (Å²) in [6.45, 7) is 5.43. The molecule has 0 N–H and O–H groups in total. The number of rotatable bonds is 7. The summed E-state index contributed by atoms with van der Waals surface area (Å²) in [6.07, 6.45) is 1.63. The molecule has 2 heterocycles. The van der Waals surface area contributed by atoms with Gasteiger partial charge in [-0.25, -0.2) is 0 Å². The topological polar surface area (TPSA) is 86.0 Å². The highest BCUT2D eigenvalue weighted by molar-refractivity contribution is 9.10. The predicted octanol–water partition coefficient (Wildman–Crippen LogP) is 6.08. The Morgan fingerprint density at radius 1 is 1.08 bits per heavy atom. The molecule has 1 aliphatic heterocycles. The molecule has 3 aromatic carbocycles. The Bertz CT molecular complexity index is 1620. The molecule has 1 aliphatic rings. The van der Waals surface area contributed by atoms with Gasteiger partial charge in [-0.05, 0) is 67.1 Å². The summed E-state index contributed by atoms with van der Waals surface area (Å²) in [5.74, 6) is 0.380. The lowest BCUT2D eigenvalue weighted by Gasteiger charge is -2.26. The number of hydrogen-bond acceptors (Lipinski definition) is 6. The van der Waals surface area contributed by atoms with Gasteiger partial charge in [-0.1, -0.05) is 34.7 Å². The Labute approximate surface area is 221 Å². The van der Waals surface area contributed by atoms with E-state index < -0.39 is 11.9 Å². The minimum atomic E-state index is -0.798. The van der Waals surface area contributed by atoms with Gasteiger partial charge in [0.25, 0.3) is 5.91 Å². The number of methoxy groups -OCH3 is 1. The first-order valence-electron chi connectivity index (χ1n) is 11.5. The van der Waals surface area contributed by atoms with E-state index in [1.165, 1.54) is 18.9 Å². The first-order valence-corrected chi connectivity index (χ1v) is 12.3. The van der Waals surface area contributed by atoms with E-state index in [-0.39, 0.29) is 22.5 Å². The van der Waals surface area contributed by atoms with E-state index >= 15 is 0 Å². The largest absolute Gasteiger partial charge is 0.493 e. The van der Waals surface area contributed by atoms with Gasteiger partial charge < -0.3 is 13.9 Å². The second kappa shape index (κ2) is 9.71. The van der Waals surface area contributed by atoms with Crippen molar-refractivity contribution in [1.82, 2.24) is 0 Å². The average Bonchev–Trinajstić information content (AvgIpc) is 3.20. The van der Waals surface area contributed by atoms with Crippen molar-refractivity contribution in [2.75, 3.05) is 18.6 Å². The van der Waals surface area contributed by atoms with E-state index in [2.05, 4.69) is 22.5 Å². The number of carbonyl (C=O) groups excluding carboxylic acids is 2. The molecule has 7 nitrogen and oxygen atoms in total. The molecule has 1 unspecified atom stereocenters. The summed E-state index contributed by atoms with van der Waals surface area (Å²) < 4.78 is 18.0. The van der Waals surface area contributed by atoms with Crippen molar-refractivity contribution in [3.05, 3.63) is 110 Å². The second-order valence-electron chi connectivity index (χ2n) is 8.51. The number of ketones is 1. The number of carbonyl (C=O) groups is 2. The highest BCUT2D eigenvalue weighted by Crippen LogP contribution is 2.43. The van der Waals surface area contributed by atoms with Crippen LogP contribution in [0.15, 0.2) is 87.0 Å². The van der Waals surface area contributed by atoms with Crippen LogP contribution in [-0.2, 0) is 0 Å². The molecule has 0 aliphatic carbocycles. The fourth-order valence-corrected chi connectivity index (χ4v) is 4.87. The summed E-state index contributed by atoms with van der Waals surface area (Å²) in [5, 5.41) is 0.359. The number of Topliss-reactive ketones (excluding diaryl/α,β-unsaturated/α-hetero) is 1. The number of halogens is 1. The monoisotopic (exact) mass is 559 g/mol. The third kappa shape index (κ3) is 4.23. The van der Waals surface area contributed by atoms with Gasteiger partial charge in [-0.15, -0.1) is 0 Å². The molecule has 0 bridgehead atoms. The average molecular weight is 560 g/mol.